The summed E-state index contributed by atoms with van der Waals surface area (Å²) < 4.78 is 0. The molecule has 0 spiro atoms. The van der Waals surface area contributed by atoms with Crippen LogP contribution < -0.4 is 5.73 Å². The van der Waals surface area contributed by atoms with E-state index in [1.165, 1.54) is 27.9 Å². The van der Waals surface area contributed by atoms with Crippen LogP contribution in [0.3, 0.4) is 0 Å². The number of nitrogens with zero attached hydrogens (tertiary/aromatic N) is 2. The number of benzene rings is 1. The number of nitriles is 1. The minimum absolute atomic E-state index is 0.160. The molecule has 3 aliphatic carbocycles. The summed E-state index contributed by atoms with van der Waals surface area (Å²) in [6.07, 6.45) is 10.2. The maximum absolute atomic E-state index is 10.0. The maximum Gasteiger partial charge on any atom is 0.0975 e. The average Bonchev–Trinajstić information content (AvgIpc) is 2.80. The topological polar surface area (TPSA) is 62.7 Å². The molecule has 0 radical (unpaired) electrons. The van der Waals surface area contributed by atoms with Crippen LogP contribution in [0.5, 0.6) is 0 Å². The summed E-state index contributed by atoms with van der Waals surface area (Å²) in [4.78, 5) is 4.51. The molecular weight excluding hydrogens is 390 g/mol. The molecule has 158 valence electrons. The number of nitrogens with two attached hydrogens (primary N) is 1. The number of rotatable bonds is 2. The minimum atomic E-state index is -0.160. The first-order chi connectivity index (χ1) is 15.5. The number of fused-ring (bicyclic) bond motifs is 2. The summed E-state index contributed by atoms with van der Waals surface area (Å²) in [6, 6.07) is 13.1. The van der Waals surface area contributed by atoms with Crippen LogP contribution >= 0.6 is 0 Å². The van der Waals surface area contributed by atoms with Gasteiger partial charge in [0, 0.05) is 35.5 Å². The molecule has 0 amide bonds. The summed E-state index contributed by atoms with van der Waals surface area (Å²) in [7, 11) is 0. The van der Waals surface area contributed by atoms with E-state index in [0.717, 1.165) is 47.2 Å². The molecule has 0 bridgehead atoms. The zero-order valence-electron chi connectivity index (χ0n) is 18.7. The highest BCUT2D eigenvalue weighted by Gasteiger charge is 2.36. The van der Waals surface area contributed by atoms with Gasteiger partial charge in [-0.25, -0.2) is 0 Å². The summed E-state index contributed by atoms with van der Waals surface area (Å²) in [5.41, 5.74) is 19.6. The van der Waals surface area contributed by atoms with Crippen LogP contribution in [0.4, 0.5) is 0 Å². The zero-order chi connectivity index (χ0) is 22.4. The van der Waals surface area contributed by atoms with Crippen molar-refractivity contribution < 1.29 is 0 Å². The molecule has 32 heavy (non-hydrogen) atoms. The fraction of sp³-hybridized carbons (Fsp3) is 0.241. The highest BCUT2D eigenvalue weighted by Crippen LogP contribution is 2.51. The third-order valence-corrected chi connectivity index (χ3v) is 7.02. The molecule has 1 unspecified atom stereocenters. The summed E-state index contributed by atoms with van der Waals surface area (Å²) in [6.45, 7) is 8.54. The van der Waals surface area contributed by atoms with Crippen LogP contribution in [-0.2, 0) is 0 Å². The molecule has 3 aliphatic rings. The summed E-state index contributed by atoms with van der Waals surface area (Å²) in [5, 5.41) is 10.0. The first kappa shape index (κ1) is 20.3. The molecule has 0 aliphatic heterocycles. The molecular formula is C29H27N3. The fourth-order valence-corrected chi connectivity index (χ4v) is 5.22. The van der Waals surface area contributed by atoms with E-state index in [4.69, 9.17) is 5.73 Å². The van der Waals surface area contributed by atoms with Crippen LogP contribution in [0.1, 0.15) is 48.4 Å². The minimum Gasteiger partial charge on any atom is -0.401 e. The zero-order valence-corrected chi connectivity index (χ0v) is 18.7. The molecule has 2 N–H and O–H groups in total. The first-order valence-corrected chi connectivity index (χ1v) is 11.2. The van der Waals surface area contributed by atoms with Gasteiger partial charge in [0.05, 0.1) is 11.6 Å². The Labute approximate surface area is 190 Å². The molecule has 0 saturated carbocycles. The van der Waals surface area contributed by atoms with Crippen molar-refractivity contribution >= 4 is 0 Å². The van der Waals surface area contributed by atoms with Gasteiger partial charge in [0.2, 0.25) is 0 Å². The lowest BCUT2D eigenvalue weighted by Crippen LogP contribution is -2.24. The second-order valence-electron chi connectivity index (χ2n) is 9.01. The van der Waals surface area contributed by atoms with Gasteiger partial charge in [0.25, 0.3) is 0 Å². The van der Waals surface area contributed by atoms with E-state index in [1.54, 1.807) is 0 Å². The molecule has 1 atom stereocenters. The fourth-order valence-electron chi connectivity index (χ4n) is 5.22. The number of pyridine rings is 1. The van der Waals surface area contributed by atoms with E-state index in [0.29, 0.717) is 17.7 Å². The number of aromatic nitrogens is 1. The largest absolute Gasteiger partial charge is 0.401 e. The predicted octanol–water partition coefficient (Wildman–Crippen LogP) is 6.49. The lowest BCUT2D eigenvalue weighted by molar-refractivity contribution is 0.808. The van der Waals surface area contributed by atoms with Crippen LogP contribution in [-0.4, -0.2) is 4.98 Å². The highest BCUT2D eigenvalue weighted by molar-refractivity contribution is 5.70. The lowest BCUT2D eigenvalue weighted by Gasteiger charge is -2.37. The van der Waals surface area contributed by atoms with Crippen molar-refractivity contribution in [3.63, 3.8) is 0 Å². The Kier molecular flexibility index (Phi) is 4.94. The number of hydrogen-bond acceptors (Lipinski definition) is 3. The van der Waals surface area contributed by atoms with Crippen molar-refractivity contribution in [2.24, 2.45) is 5.73 Å². The van der Waals surface area contributed by atoms with Crippen LogP contribution in [0.2, 0.25) is 0 Å². The number of allylic oxidation sites excluding steroid dienone is 8. The third-order valence-electron chi connectivity index (χ3n) is 7.02. The monoisotopic (exact) mass is 417 g/mol. The summed E-state index contributed by atoms with van der Waals surface area (Å²) >= 11 is 0. The van der Waals surface area contributed by atoms with Gasteiger partial charge < -0.3 is 5.73 Å². The predicted molar refractivity (Wildman–Crippen MR) is 130 cm³/mol. The Bertz CT molecular complexity index is 1310. The van der Waals surface area contributed by atoms with E-state index in [9.17, 15) is 5.26 Å². The Hall–Kier alpha value is -3.64. The molecule has 5 rings (SSSR count). The van der Waals surface area contributed by atoms with Crippen molar-refractivity contribution in [1.82, 2.24) is 4.98 Å². The van der Waals surface area contributed by atoms with Crippen LogP contribution in [0.25, 0.3) is 11.1 Å². The van der Waals surface area contributed by atoms with E-state index < -0.39 is 0 Å². The molecule has 1 aromatic carbocycles. The van der Waals surface area contributed by atoms with Crippen molar-refractivity contribution in [3.8, 4) is 17.2 Å². The van der Waals surface area contributed by atoms with E-state index in [2.05, 4.69) is 67.0 Å². The molecule has 3 nitrogen and oxygen atoms in total. The summed E-state index contributed by atoms with van der Waals surface area (Å²) in [5.74, 6) is -0.160. The van der Waals surface area contributed by atoms with E-state index in [-0.39, 0.29) is 5.92 Å². The molecule has 0 saturated heterocycles. The van der Waals surface area contributed by atoms with Crippen molar-refractivity contribution in [2.45, 2.75) is 45.4 Å². The first-order valence-electron chi connectivity index (χ1n) is 11.2. The molecule has 2 aromatic rings. The van der Waals surface area contributed by atoms with Crippen molar-refractivity contribution in [3.05, 3.63) is 111 Å². The van der Waals surface area contributed by atoms with Crippen LogP contribution in [0, 0.1) is 25.2 Å². The second-order valence-corrected chi connectivity index (χ2v) is 9.01. The van der Waals surface area contributed by atoms with Gasteiger partial charge in [0.15, 0.2) is 0 Å². The third kappa shape index (κ3) is 3.24. The van der Waals surface area contributed by atoms with E-state index >= 15 is 0 Å². The quantitative estimate of drug-likeness (QED) is 0.607. The van der Waals surface area contributed by atoms with Gasteiger partial charge in [-0.05, 0) is 83.7 Å². The lowest BCUT2D eigenvalue weighted by atomic mass is 9.66. The van der Waals surface area contributed by atoms with Gasteiger partial charge in [-0.15, -0.1) is 0 Å². The molecule has 1 aromatic heterocycles. The van der Waals surface area contributed by atoms with Gasteiger partial charge in [-0.2, -0.15) is 5.26 Å². The van der Waals surface area contributed by atoms with Gasteiger partial charge in [0.1, 0.15) is 0 Å². The number of aryl methyl sites for hydroxylation is 2. The Morgan fingerprint density at radius 3 is 2.53 bits per heavy atom. The van der Waals surface area contributed by atoms with Gasteiger partial charge in [-0.1, -0.05) is 43.0 Å². The Balaban J connectivity index is 1.61. The Morgan fingerprint density at radius 1 is 1.06 bits per heavy atom. The van der Waals surface area contributed by atoms with Gasteiger partial charge in [-0.3, -0.25) is 4.98 Å². The molecule has 3 heteroatoms. The highest BCUT2D eigenvalue weighted by atomic mass is 14.7. The Morgan fingerprint density at radius 2 is 1.81 bits per heavy atom. The van der Waals surface area contributed by atoms with Crippen molar-refractivity contribution in [2.75, 3.05) is 0 Å². The van der Waals surface area contributed by atoms with Gasteiger partial charge >= 0.3 is 0 Å². The van der Waals surface area contributed by atoms with Crippen LogP contribution in [0.15, 0.2) is 94.4 Å². The SMILES string of the molecule is C=C1CC2=CCCC=C2C2=C1C(c1ccc(-c3cnc(C)c(C)c3)cc1)C(C#N)=C(N)C2. The maximum atomic E-state index is 10.0. The van der Waals surface area contributed by atoms with Crippen molar-refractivity contribution in [1.29, 1.82) is 5.26 Å². The molecule has 1 heterocycles. The average molecular weight is 418 g/mol. The smallest absolute Gasteiger partial charge is 0.0975 e. The normalized spacial score (nSPS) is 20.3. The standard InChI is InChI=1S/C29H27N3/c1-17-12-23(16-32-19(17)3)20-8-10-21(11-9-20)29-26(15-30)27(31)14-25-24-7-5-4-6-22(24)13-18(2)28(25)29/h6-12,16,29H,2,4-5,13-14,31H2,1,3H3. The molecule has 0 fully saturated rings. The second kappa shape index (κ2) is 7.80. The van der Waals surface area contributed by atoms with E-state index in [1.807, 2.05) is 13.1 Å². The number of hydrogen-bond donors (Lipinski definition) is 1.